The summed E-state index contributed by atoms with van der Waals surface area (Å²) in [6.07, 6.45) is -3.24. The zero-order valence-corrected chi connectivity index (χ0v) is 27.5. The van der Waals surface area contributed by atoms with Gasteiger partial charge in [0, 0.05) is 18.2 Å². The lowest BCUT2D eigenvalue weighted by atomic mass is 9.85. The molecule has 44 heavy (non-hydrogen) atoms. The standard InChI is InChI=1S/C33H46N2O8Si/c1-23-18-35(31(39)34-29(23)38)30-28(37)33(41-20-25-15-11-8-12-16-25,17-26(36)21-42-44(5,6)32(2,3)4)27(43-30)22-40-19-24-13-9-7-10-14-24/h7-16,18,26-28,30,36-37H,17,19-22H2,1-6H3,(H,34,38,39)/t26-,27+,28+,30+,33+/m0/s1. The third-order valence-electron chi connectivity index (χ3n) is 8.77. The van der Waals surface area contributed by atoms with E-state index in [-0.39, 0.29) is 43.5 Å². The second-order valence-electron chi connectivity index (χ2n) is 13.1. The van der Waals surface area contributed by atoms with Gasteiger partial charge in [0.15, 0.2) is 14.5 Å². The summed E-state index contributed by atoms with van der Waals surface area (Å²) in [7, 11) is -2.20. The van der Waals surface area contributed by atoms with Crippen LogP contribution in [0.4, 0.5) is 0 Å². The molecule has 1 saturated heterocycles. The van der Waals surface area contributed by atoms with Gasteiger partial charge in [-0.1, -0.05) is 81.4 Å². The second kappa shape index (κ2) is 14.0. The Hall–Kier alpha value is -2.90. The number of rotatable bonds is 13. The maximum Gasteiger partial charge on any atom is 0.330 e. The summed E-state index contributed by atoms with van der Waals surface area (Å²) in [6.45, 7) is 12.6. The SMILES string of the molecule is Cc1cn([C@@H]2O[C@H](COCc3ccccc3)[C@@](C[C@H](O)CO[Si](C)(C)C(C)(C)C)(OCc3ccccc3)[C@@H]2O)c(=O)[nH]c1=O. The van der Waals surface area contributed by atoms with E-state index < -0.39 is 49.7 Å². The van der Waals surface area contributed by atoms with Crippen molar-refractivity contribution in [3.63, 3.8) is 0 Å². The predicted molar refractivity (Wildman–Crippen MR) is 170 cm³/mol. The van der Waals surface area contributed by atoms with E-state index in [2.05, 4.69) is 38.8 Å². The number of aromatic amines is 1. The Morgan fingerprint density at radius 2 is 1.61 bits per heavy atom. The van der Waals surface area contributed by atoms with Gasteiger partial charge in [-0.2, -0.15) is 0 Å². The molecule has 11 heteroatoms. The van der Waals surface area contributed by atoms with Crippen molar-refractivity contribution in [2.24, 2.45) is 0 Å². The van der Waals surface area contributed by atoms with E-state index in [1.807, 2.05) is 60.7 Å². The molecule has 3 N–H and O–H groups in total. The zero-order chi connectivity index (χ0) is 32.1. The molecule has 0 spiro atoms. The van der Waals surface area contributed by atoms with Gasteiger partial charge in [0.25, 0.3) is 5.56 Å². The molecular weight excluding hydrogens is 580 g/mol. The Kier molecular flexibility index (Phi) is 10.8. The van der Waals surface area contributed by atoms with Crippen molar-refractivity contribution in [3.05, 3.63) is 104 Å². The van der Waals surface area contributed by atoms with Crippen LogP contribution in [0.1, 0.15) is 50.1 Å². The maximum absolute atomic E-state index is 12.9. The smallest absolute Gasteiger partial charge is 0.330 e. The van der Waals surface area contributed by atoms with E-state index in [9.17, 15) is 19.8 Å². The minimum atomic E-state index is -2.20. The second-order valence-corrected chi connectivity index (χ2v) is 17.9. The first-order valence-corrected chi connectivity index (χ1v) is 17.9. The van der Waals surface area contributed by atoms with Crippen LogP contribution in [0.2, 0.25) is 18.1 Å². The first-order chi connectivity index (χ1) is 20.7. The summed E-state index contributed by atoms with van der Waals surface area (Å²) in [6, 6.07) is 19.1. The highest BCUT2D eigenvalue weighted by molar-refractivity contribution is 6.74. The molecule has 1 fully saturated rings. The van der Waals surface area contributed by atoms with Crippen LogP contribution in [0.3, 0.4) is 0 Å². The van der Waals surface area contributed by atoms with E-state index in [1.54, 1.807) is 6.92 Å². The van der Waals surface area contributed by atoms with Crippen LogP contribution in [0.15, 0.2) is 76.4 Å². The van der Waals surface area contributed by atoms with Crippen LogP contribution in [0, 0.1) is 6.92 Å². The molecule has 0 aliphatic carbocycles. The monoisotopic (exact) mass is 626 g/mol. The normalized spacial score (nSPS) is 23.1. The number of H-pyrrole nitrogens is 1. The van der Waals surface area contributed by atoms with E-state index in [1.165, 1.54) is 6.20 Å². The topological polar surface area (TPSA) is 132 Å². The Morgan fingerprint density at radius 1 is 1.02 bits per heavy atom. The fourth-order valence-corrected chi connectivity index (χ4v) is 6.09. The maximum atomic E-state index is 12.9. The lowest BCUT2D eigenvalue weighted by Crippen LogP contribution is -2.55. The number of ether oxygens (including phenoxy) is 3. The predicted octanol–water partition coefficient (Wildman–Crippen LogP) is 4.05. The number of aliphatic hydroxyl groups is 2. The van der Waals surface area contributed by atoms with Crippen LogP contribution < -0.4 is 11.2 Å². The first kappa shape index (κ1) is 34.0. The summed E-state index contributed by atoms with van der Waals surface area (Å²) >= 11 is 0. The molecule has 1 aromatic heterocycles. The van der Waals surface area contributed by atoms with Gasteiger partial charge in [-0.25, -0.2) is 4.79 Å². The van der Waals surface area contributed by atoms with E-state index in [0.717, 1.165) is 15.7 Å². The largest absolute Gasteiger partial charge is 0.414 e. The minimum absolute atomic E-state index is 0.00411. The number of nitrogens with one attached hydrogen (secondary N) is 1. The average Bonchev–Trinajstić information content (AvgIpc) is 3.24. The minimum Gasteiger partial charge on any atom is -0.414 e. The number of nitrogens with zero attached hydrogens (tertiary/aromatic N) is 1. The van der Waals surface area contributed by atoms with E-state index in [4.69, 9.17) is 18.6 Å². The quantitative estimate of drug-likeness (QED) is 0.242. The summed E-state index contributed by atoms with van der Waals surface area (Å²) in [4.78, 5) is 27.3. The third-order valence-corrected chi connectivity index (χ3v) is 13.3. The summed E-state index contributed by atoms with van der Waals surface area (Å²) in [5.41, 5.74) is -0.663. The molecule has 0 radical (unpaired) electrons. The number of aromatic nitrogens is 2. The molecule has 5 atom stereocenters. The highest BCUT2D eigenvalue weighted by Crippen LogP contribution is 2.44. The van der Waals surface area contributed by atoms with Gasteiger partial charge in [-0.3, -0.25) is 14.3 Å². The van der Waals surface area contributed by atoms with Crippen LogP contribution in [0.5, 0.6) is 0 Å². The van der Waals surface area contributed by atoms with Crippen molar-refractivity contribution >= 4 is 8.32 Å². The van der Waals surface area contributed by atoms with Gasteiger partial charge in [0.2, 0.25) is 0 Å². The van der Waals surface area contributed by atoms with Crippen molar-refractivity contribution in [3.8, 4) is 0 Å². The number of hydrogen-bond acceptors (Lipinski definition) is 8. The van der Waals surface area contributed by atoms with Crippen molar-refractivity contribution in [2.45, 2.75) is 95.6 Å². The lowest BCUT2D eigenvalue weighted by Gasteiger charge is -2.40. The average molecular weight is 627 g/mol. The Balaban J connectivity index is 1.69. The van der Waals surface area contributed by atoms with Crippen LogP contribution in [-0.4, -0.2) is 65.2 Å². The van der Waals surface area contributed by atoms with Gasteiger partial charge >= 0.3 is 5.69 Å². The molecule has 0 saturated carbocycles. The Labute approximate surface area is 259 Å². The molecule has 0 bridgehead atoms. The molecule has 240 valence electrons. The molecule has 3 aromatic rings. The van der Waals surface area contributed by atoms with Crippen LogP contribution in [-0.2, 0) is 31.9 Å². The Morgan fingerprint density at radius 3 is 2.20 bits per heavy atom. The zero-order valence-electron chi connectivity index (χ0n) is 26.5. The first-order valence-electron chi connectivity index (χ1n) is 15.0. The summed E-state index contributed by atoms with van der Waals surface area (Å²) in [5, 5.41) is 23.4. The van der Waals surface area contributed by atoms with Gasteiger partial charge in [-0.15, -0.1) is 0 Å². The third kappa shape index (κ3) is 7.84. The highest BCUT2D eigenvalue weighted by atomic mass is 28.4. The molecule has 2 heterocycles. The fourth-order valence-electron chi connectivity index (χ4n) is 5.05. The molecule has 4 rings (SSSR count). The molecule has 1 aliphatic rings. The van der Waals surface area contributed by atoms with Gasteiger partial charge < -0.3 is 28.8 Å². The number of aryl methyl sites for hydroxylation is 1. The molecule has 2 aromatic carbocycles. The molecule has 1 aliphatic heterocycles. The number of aliphatic hydroxyl groups excluding tert-OH is 2. The van der Waals surface area contributed by atoms with Crippen molar-refractivity contribution in [1.29, 1.82) is 0 Å². The molecular formula is C33H46N2O8Si. The fraction of sp³-hybridized carbons (Fsp3) is 0.515. The Bertz CT molecular complexity index is 1470. The lowest BCUT2D eigenvalue weighted by molar-refractivity contribution is -0.169. The van der Waals surface area contributed by atoms with Crippen LogP contribution in [0.25, 0.3) is 0 Å². The molecule has 10 nitrogen and oxygen atoms in total. The molecule has 0 amide bonds. The van der Waals surface area contributed by atoms with Crippen molar-refractivity contribution < 1.29 is 28.8 Å². The molecule has 0 unspecified atom stereocenters. The van der Waals surface area contributed by atoms with E-state index in [0.29, 0.717) is 0 Å². The number of hydrogen-bond donors (Lipinski definition) is 3. The summed E-state index contributed by atoms with van der Waals surface area (Å²) < 4.78 is 26.5. The summed E-state index contributed by atoms with van der Waals surface area (Å²) in [5.74, 6) is 0. The van der Waals surface area contributed by atoms with E-state index >= 15 is 0 Å². The van der Waals surface area contributed by atoms with Gasteiger partial charge in [0.1, 0.15) is 17.8 Å². The van der Waals surface area contributed by atoms with Gasteiger partial charge in [-0.05, 0) is 36.2 Å². The highest BCUT2D eigenvalue weighted by Gasteiger charge is 2.59. The van der Waals surface area contributed by atoms with Gasteiger partial charge in [0.05, 0.1) is 32.5 Å². The van der Waals surface area contributed by atoms with Crippen molar-refractivity contribution in [2.75, 3.05) is 13.2 Å². The van der Waals surface area contributed by atoms with Crippen molar-refractivity contribution in [1.82, 2.24) is 9.55 Å². The number of benzene rings is 2. The van der Waals surface area contributed by atoms with Crippen LogP contribution >= 0.6 is 0 Å².